The molecule has 0 spiro atoms. The molecule has 1 saturated heterocycles. The van der Waals surface area contributed by atoms with Crippen molar-refractivity contribution in [2.24, 2.45) is 0 Å². The van der Waals surface area contributed by atoms with Gasteiger partial charge in [-0.3, -0.25) is 0 Å². The summed E-state index contributed by atoms with van der Waals surface area (Å²) in [6.45, 7) is 5.66. The van der Waals surface area contributed by atoms with Gasteiger partial charge in [-0.05, 0) is 30.7 Å². The maximum absolute atomic E-state index is 12.9. The summed E-state index contributed by atoms with van der Waals surface area (Å²) in [6.07, 6.45) is 1.58. The van der Waals surface area contributed by atoms with E-state index in [0.29, 0.717) is 17.9 Å². The Labute approximate surface area is 137 Å². The lowest BCUT2D eigenvalue weighted by Gasteiger charge is -2.19. The third-order valence-electron chi connectivity index (χ3n) is 3.92. The van der Waals surface area contributed by atoms with Gasteiger partial charge in [0.25, 0.3) is 0 Å². The molecule has 1 aromatic carbocycles. The van der Waals surface area contributed by atoms with Crippen LogP contribution in [0.1, 0.15) is 5.56 Å². The molecule has 0 unspecified atom stereocenters. The maximum atomic E-state index is 12.9. The van der Waals surface area contributed by atoms with Gasteiger partial charge in [-0.25, -0.2) is 16.8 Å². The van der Waals surface area contributed by atoms with Crippen molar-refractivity contribution in [2.75, 3.05) is 25.2 Å². The highest BCUT2D eigenvalue weighted by Gasteiger charge is 2.45. The normalized spacial score (nSPS) is 23.6. The summed E-state index contributed by atoms with van der Waals surface area (Å²) in [4.78, 5) is 0.114. The first kappa shape index (κ1) is 18.0. The summed E-state index contributed by atoms with van der Waals surface area (Å²) >= 11 is 0. The van der Waals surface area contributed by atoms with Crippen LogP contribution in [0.2, 0.25) is 0 Å². The van der Waals surface area contributed by atoms with E-state index in [-0.39, 0.29) is 16.4 Å². The summed E-state index contributed by atoms with van der Waals surface area (Å²) in [5, 5.41) is 1.95. The molecule has 2 rings (SSSR count). The molecule has 2 atom stereocenters. The summed E-state index contributed by atoms with van der Waals surface area (Å²) in [6, 6.07) is 3.92. The van der Waals surface area contributed by atoms with Crippen molar-refractivity contribution in [3.63, 3.8) is 0 Å². The Morgan fingerprint density at radius 2 is 2.09 bits per heavy atom. The highest BCUT2D eigenvalue weighted by atomic mass is 32.2. The van der Waals surface area contributed by atoms with E-state index in [1.807, 2.05) is 0 Å². The van der Waals surface area contributed by atoms with Crippen LogP contribution < -0.4 is 10.1 Å². The van der Waals surface area contributed by atoms with Gasteiger partial charge in [-0.2, -0.15) is 0 Å². The second kappa shape index (κ2) is 6.62. The molecule has 0 amide bonds. The van der Waals surface area contributed by atoms with Crippen LogP contribution >= 0.6 is 0 Å². The minimum absolute atomic E-state index is 0.114. The molecule has 1 aliphatic heterocycles. The second-order valence-electron chi connectivity index (χ2n) is 5.60. The van der Waals surface area contributed by atoms with Crippen molar-refractivity contribution in [3.8, 4) is 5.75 Å². The van der Waals surface area contributed by atoms with Crippen LogP contribution in [0.25, 0.3) is 0 Å². The minimum Gasteiger partial charge on any atom is -0.496 e. The smallest absolute Gasteiger partial charge is 0.183 e. The Morgan fingerprint density at radius 3 is 2.65 bits per heavy atom. The molecule has 8 heteroatoms. The van der Waals surface area contributed by atoms with E-state index >= 15 is 0 Å². The van der Waals surface area contributed by atoms with Crippen LogP contribution in [-0.2, 0) is 19.7 Å². The quantitative estimate of drug-likeness (QED) is 0.753. The third kappa shape index (κ3) is 3.76. The topological polar surface area (TPSA) is 89.5 Å². The number of nitrogens with one attached hydrogen (secondary N) is 1. The molecule has 1 N–H and O–H groups in total. The molecule has 0 bridgehead atoms. The van der Waals surface area contributed by atoms with Crippen molar-refractivity contribution in [1.29, 1.82) is 0 Å². The number of hydrogen-bond acceptors (Lipinski definition) is 6. The van der Waals surface area contributed by atoms with Crippen LogP contribution in [0.5, 0.6) is 5.75 Å². The lowest BCUT2D eigenvalue weighted by Crippen LogP contribution is -2.43. The molecule has 1 aromatic rings. The predicted octanol–water partition coefficient (Wildman–Crippen LogP) is 0.719. The van der Waals surface area contributed by atoms with Gasteiger partial charge in [-0.1, -0.05) is 6.08 Å². The van der Waals surface area contributed by atoms with E-state index in [0.717, 1.165) is 0 Å². The Kier molecular flexibility index (Phi) is 5.17. The van der Waals surface area contributed by atoms with Crippen molar-refractivity contribution in [3.05, 3.63) is 36.4 Å². The van der Waals surface area contributed by atoms with Crippen LogP contribution in [0.3, 0.4) is 0 Å². The third-order valence-corrected chi connectivity index (χ3v) is 8.07. The van der Waals surface area contributed by atoms with E-state index in [4.69, 9.17) is 4.74 Å². The number of sulfone groups is 2. The van der Waals surface area contributed by atoms with E-state index < -0.39 is 31.0 Å². The van der Waals surface area contributed by atoms with Crippen LogP contribution in [0.4, 0.5) is 0 Å². The van der Waals surface area contributed by atoms with Crippen molar-refractivity contribution in [2.45, 2.75) is 23.1 Å². The Bertz CT molecular complexity index is 799. The molecule has 1 heterocycles. The second-order valence-corrected chi connectivity index (χ2v) is 9.92. The van der Waals surface area contributed by atoms with Gasteiger partial charge in [0.2, 0.25) is 0 Å². The Balaban J connectivity index is 2.40. The first-order valence-corrected chi connectivity index (χ1v) is 10.5. The number of hydrogen-bond donors (Lipinski definition) is 1. The summed E-state index contributed by atoms with van der Waals surface area (Å²) < 4.78 is 54.7. The fourth-order valence-electron chi connectivity index (χ4n) is 2.75. The lowest BCUT2D eigenvalue weighted by molar-refractivity contribution is 0.411. The molecule has 0 aromatic heterocycles. The Hall–Kier alpha value is -1.38. The SMILES string of the molecule is C=CCN[C@H]1CS(=O)(=O)C[C@@H]1S(=O)(=O)c1ccc(OC)c(C)c1. The average molecular weight is 359 g/mol. The lowest BCUT2D eigenvalue weighted by atomic mass is 10.2. The van der Waals surface area contributed by atoms with Gasteiger partial charge < -0.3 is 10.1 Å². The van der Waals surface area contributed by atoms with Crippen molar-refractivity contribution in [1.82, 2.24) is 5.32 Å². The van der Waals surface area contributed by atoms with Crippen LogP contribution in [0, 0.1) is 6.92 Å². The molecule has 0 radical (unpaired) electrons. The van der Waals surface area contributed by atoms with E-state index in [2.05, 4.69) is 11.9 Å². The predicted molar refractivity (Wildman–Crippen MR) is 89.3 cm³/mol. The Morgan fingerprint density at radius 1 is 1.39 bits per heavy atom. The first-order valence-electron chi connectivity index (χ1n) is 7.14. The zero-order chi connectivity index (χ0) is 17.3. The average Bonchev–Trinajstić information content (AvgIpc) is 2.80. The number of aryl methyl sites for hydroxylation is 1. The van der Waals surface area contributed by atoms with Crippen molar-refractivity contribution >= 4 is 19.7 Å². The monoisotopic (exact) mass is 359 g/mol. The summed E-state index contributed by atoms with van der Waals surface area (Å²) in [5.74, 6) is 0.0408. The van der Waals surface area contributed by atoms with Gasteiger partial charge in [0.05, 0.1) is 28.8 Å². The molecule has 0 saturated carbocycles. The summed E-state index contributed by atoms with van der Waals surface area (Å²) in [5.41, 5.74) is 0.685. The molecular formula is C15H21NO5S2. The van der Waals surface area contributed by atoms with E-state index in [1.165, 1.54) is 19.2 Å². The van der Waals surface area contributed by atoms with Gasteiger partial charge >= 0.3 is 0 Å². The van der Waals surface area contributed by atoms with Crippen LogP contribution in [-0.4, -0.2) is 53.3 Å². The molecule has 0 aliphatic carbocycles. The zero-order valence-corrected chi connectivity index (χ0v) is 14.8. The maximum Gasteiger partial charge on any atom is 0.183 e. The van der Waals surface area contributed by atoms with Gasteiger partial charge in [0.15, 0.2) is 19.7 Å². The number of methoxy groups -OCH3 is 1. The van der Waals surface area contributed by atoms with Gasteiger partial charge in [0, 0.05) is 12.6 Å². The van der Waals surface area contributed by atoms with E-state index in [1.54, 1.807) is 19.1 Å². The van der Waals surface area contributed by atoms with Gasteiger partial charge in [-0.15, -0.1) is 6.58 Å². The number of benzene rings is 1. The fourth-order valence-corrected chi connectivity index (χ4v) is 7.55. The molecule has 1 aliphatic rings. The highest BCUT2D eigenvalue weighted by Crippen LogP contribution is 2.28. The van der Waals surface area contributed by atoms with Gasteiger partial charge in [0.1, 0.15) is 5.75 Å². The molecule has 6 nitrogen and oxygen atoms in total. The highest BCUT2D eigenvalue weighted by molar-refractivity contribution is 7.96. The molecule has 128 valence electrons. The standard InChI is InChI=1S/C15H21NO5S2/c1-4-7-16-13-9-22(17,18)10-15(13)23(19,20)12-5-6-14(21-3)11(2)8-12/h4-6,8,13,15-16H,1,7,9-10H2,2-3H3/t13-,15-/m0/s1. The zero-order valence-electron chi connectivity index (χ0n) is 13.2. The van der Waals surface area contributed by atoms with Crippen molar-refractivity contribution < 1.29 is 21.6 Å². The fraction of sp³-hybridized carbons (Fsp3) is 0.467. The first-order chi connectivity index (χ1) is 10.7. The summed E-state index contributed by atoms with van der Waals surface area (Å²) in [7, 11) is -5.65. The van der Waals surface area contributed by atoms with Crippen LogP contribution in [0.15, 0.2) is 35.7 Å². The van der Waals surface area contributed by atoms with E-state index in [9.17, 15) is 16.8 Å². The largest absolute Gasteiger partial charge is 0.496 e. The number of ether oxygens (including phenoxy) is 1. The minimum atomic E-state index is -3.77. The molecule has 1 fully saturated rings. The molecular weight excluding hydrogens is 338 g/mol. The number of rotatable bonds is 6. The molecule has 23 heavy (non-hydrogen) atoms.